The Morgan fingerprint density at radius 2 is 1.91 bits per heavy atom. The van der Waals surface area contributed by atoms with E-state index in [2.05, 4.69) is 20.2 Å². The van der Waals surface area contributed by atoms with Gasteiger partial charge in [0.1, 0.15) is 24.0 Å². The Hall–Kier alpha value is -2.68. The zero-order valence-corrected chi connectivity index (χ0v) is 18.7. The molecule has 0 bridgehead atoms. The van der Waals surface area contributed by atoms with E-state index in [1.165, 1.54) is 39.1 Å². The Kier molecular flexibility index (Phi) is 7.57. The smallest absolute Gasteiger partial charge is 0.318 e. The number of hydrogen-bond donors (Lipinski definition) is 1. The average molecular weight is 461 g/mol. The molecule has 9 heteroatoms. The Balaban J connectivity index is 1.40. The number of hydrogen-bond acceptors (Lipinski definition) is 7. The SMILES string of the molecule is COc1nc(Nc2ccc(Cl)cc2F)c2ccc(OCCOCCN3CCCC3)cc2n1. The first kappa shape index (κ1) is 22.5. The lowest BCUT2D eigenvalue weighted by Gasteiger charge is -2.14. The Morgan fingerprint density at radius 3 is 2.69 bits per heavy atom. The van der Waals surface area contributed by atoms with E-state index < -0.39 is 5.82 Å². The summed E-state index contributed by atoms with van der Waals surface area (Å²) in [5, 5.41) is 4.02. The highest BCUT2D eigenvalue weighted by Crippen LogP contribution is 2.30. The molecule has 170 valence electrons. The van der Waals surface area contributed by atoms with Gasteiger partial charge in [0.15, 0.2) is 0 Å². The topological polar surface area (TPSA) is 68.7 Å². The second-order valence-corrected chi connectivity index (χ2v) is 7.93. The third-order valence-electron chi connectivity index (χ3n) is 5.26. The van der Waals surface area contributed by atoms with Gasteiger partial charge in [-0.2, -0.15) is 9.97 Å². The van der Waals surface area contributed by atoms with Crippen LogP contribution < -0.4 is 14.8 Å². The summed E-state index contributed by atoms with van der Waals surface area (Å²) in [6.45, 7) is 4.97. The number of ether oxygens (including phenoxy) is 3. The summed E-state index contributed by atoms with van der Waals surface area (Å²) in [6.07, 6.45) is 2.57. The van der Waals surface area contributed by atoms with E-state index in [1.807, 2.05) is 12.1 Å². The minimum atomic E-state index is -0.479. The van der Waals surface area contributed by atoms with Gasteiger partial charge < -0.3 is 24.4 Å². The van der Waals surface area contributed by atoms with Gasteiger partial charge in [-0.05, 0) is 56.3 Å². The van der Waals surface area contributed by atoms with Crippen LogP contribution in [0.25, 0.3) is 10.9 Å². The second-order valence-electron chi connectivity index (χ2n) is 7.50. The fourth-order valence-electron chi connectivity index (χ4n) is 3.60. The lowest BCUT2D eigenvalue weighted by atomic mass is 10.2. The molecule has 1 N–H and O–H groups in total. The fraction of sp³-hybridized carbons (Fsp3) is 0.391. The molecule has 4 rings (SSSR count). The van der Waals surface area contributed by atoms with E-state index in [0.29, 0.717) is 47.3 Å². The summed E-state index contributed by atoms with van der Waals surface area (Å²) in [4.78, 5) is 11.1. The number of nitrogens with zero attached hydrogens (tertiary/aromatic N) is 3. The van der Waals surface area contributed by atoms with Crippen molar-refractivity contribution in [2.24, 2.45) is 0 Å². The highest BCUT2D eigenvalue weighted by molar-refractivity contribution is 6.30. The molecule has 1 aliphatic rings. The maximum atomic E-state index is 14.2. The molecule has 0 unspecified atom stereocenters. The zero-order chi connectivity index (χ0) is 22.3. The molecule has 0 aliphatic carbocycles. The van der Waals surface area contributed by atoms with Crippen LogP contribution in [0.3, 0.4) is 0 Å². The van der Waals surface area contributed by atoms with Crippen LogP contribution in [0.15, 0.2) is 36.4 Å². The molecule has 1 fully saturated rings. The van der Waals surface area contributed by atoms with Crippen LogP contribution in [0.1, 0.15) is 12.8 Å². The number of rotatable bonds is 10. The summed E-state index contributed by atoms with van der Waals surface area (Å²) in [5.41, 5.74) is 0.865. The van der Waals surface area contributed by atoms with Gasteiger partial charge >= 0.3 is 6.01 Å². The molecule has 0 atom stereocenters. The summed E-state index contributed by atoms with van der Waals surface area (Å²) in [6, 6.07) is 10.0. The fourth-order valence-corrected chi connectivity index (χ4v) is 3.76. The molecule has 0 amide bonds. The molecule has 1 saturated heterocycles. The van der Waals surface area contributed by atoms with Crippen molar-refractivity contribution >= 4 is 34.0 Å². The maximum Gasteiger partial charge on any atom is 0.318 e. The van der Waals surface area contributed by atoms with Crippen molar-refractivity contribution in [3.05, 3.63) is 47.2 Å². The molecule has 1 aliphatic heterocycles. The summed E-state index contributed by atoms with van der Waals surface area (Å²) >= 11 is 5.84. The minimum absolute atomic E-state index is 0.164. The normalized spacial score (nSPS) is 14.1. The average Bonchev–Trinajstić information content (AvgIpc) is 3.31. The Labute approximate surface area is 191 Å². The number of methoxy groups -OCH3 is 1. The standard InChI is InChI=1S/C23H26ClFN4O3/c1-30-23-27-21-15-17(32-13-12-31-11-10-29-8-2-3-9-29)5-6-18(21)22(28-23)26-20-7-4-16(24)14-19(20)25/h4-7,14-15H,2-3,8-13H2,1H3,(H,26,27,28). The quantitative estimate of drug-likeness (QED) is 0.441. The van der Waals surface area contributed by atoms with Gasteiger partial charge in [0.25, 0.3) is 0 Å². The van der Waals surface area contributed by atoms with Crippen LogP contribution >= 0.6 is 11.6 Å². The largest absolute Gasteiger partial charge is 0.491 e. The van der Waals surface area contributed by atoms with E-state index in [-0.39, 0.29) is 11.7 Å². The molecule has 2 heterocycles. The van der Waals surface area contributed by atoms with Gasteiger partial charge in [-0.1, -0.05) is 11.6 Å². The second kappa shape index (κ2) is 10.8. The first-order chi connectivity index (χ1) is 15.6. The number of benzene rings is 2. The van der Waals surface area contributed by atoms with Crippen LogP contribution in [0.2, 0.25) is 5.02 Å². The summed E-state index contributed by atoms with van der Waals surface area (Å²) in [7, 11) is 1.48. The van der Waals surface area contributed by atoms with Gasteiger partial charge in [0.2, 0.25) is 0 Å². The van der Waals surface area contributed by atoms with Crippen molar-refractivity contribution in [2.75, 3.05) is 51.9 Å². The molecule has 7 nitrogen and oxygen atoms in total. The van der Waals surface area contributed by atoms with Crippen molar-refractivity contribution in [1.82, 2.24) is 14.9 Å². The molecule has 32 heavy (non-hydrogen) atoms. The van der Waals surface area contributed by atoms with Gasteiger partial charge in [0, 0.05) is 23.0 Å². The van der Waals surface area contributed by atoms with Crippen molar-refractivity contribution in [1.29, 1.82) is 0 Å². The van der Waals surface area contributed by atoms with E-state index in [0.717, 1.165) is 6.54 Å². The highest BCUT2D eigenvalue weighted by Gasteiger charge is 2.13. The van der Waals surface area contributed by atoms with E-state index in [4.69, 9.17) is 25.8 Å². The predicted octanol–water partition coefficient (Wildman–Crippen LogP) is 4.67. The van der Waals surface area contributed by atoms with Crippen molar-refractivity contribution < 1.29 is 18.6 Å². The Bertz CT molecular complexity index is 1060. The van der Waals surface area contributed by atoms with E-state index in [9.17, 15) is 4.39 Å². The molecule has 2 aromatic carbocycles. The molecule has 0 radical (unpaired) electrons. The van der Waals surface area contributed by atoms with E-state index >= 15 is 0 Å². The minimum Gasteiger partial charge on any atom is -0.491 e. The van der Waals surface area contributed by atoms with Crippen molar-refractivity contribution in [3.8, 4) is 11.8 Å². The van der Waals surface area contributed by atoms with Gasteiger partial charge in [-0.3, -0.25) is 0 Å². The Morgan fingerprint density at radius 1 is 1.06 bits per heavy atom. The summed E-state index contributed by atoms with van der Waals surface area (Å²) in [5.74, 6) is 0.600. The molecular formula is C23H26ClFN4O3. The molecular weight excluding hydrogens is 435 g/mol. The third-order valence-corrected chi connectivity index (χ3v) is 5.50. The molecule has 1 aromatic heterocycles. The molecule has 0 saturated carbocycles. The summed E-state index contributed by atoms with van der Waals surface area (Å²) < 4.78 is 31.0. The monoisotopic (exact) mass is 460 g/mol. The lowest BCUT2D eigenvalue weighted by Crippen LogP contribution is -2.24. The number of likely N-dealkylation sites (tertiary alicyclic amines) is 1. The van der Waals surface area contributed by atoms with Crippen LogP contribution in [0.4, 0.5) is 15.9 Å². The zero-order valence-electron chi connectivity index (χ0n) is 17.9. The van der Waals surface area contributed by atoms with Gasteiger partial charge in [0.05, 0.1) is 31.5 Å². The van der Waals surface area contributed by atoms with Crippen LogP contribution in [-0.2, 0) is 4.74 Å². The van der Waals surface area contributed by atoms with Crippen LogP contribution in [-0.4, -0.2) is 61.4 Å². The van der Waals surface area contributed by atoms with Crippen LogP contribution in [0, 0.1) is 5.82 Å². The highest BCUT2D eigenvalue weighted by atomic mass is 35.5. The third kappa shape index (κ3) is 5.76. The van der Waals surface area contributed by atoms with Crippen LogP contribution in [0.5, 0.6) is 11.8 Å². The number of nitrogens with one attached hydrogen (secondary N) is 1. The van der Waals surface area contributed by atoms with Gasteiger partial charge in [-0.15, -0.1) is 0 Å². The van der Waals surface area contributed by atoms with Crippen molar-refractivity contribution in [2.45, 2.75) is 12.8 Å². The molecule has 0 spiro atoms. The number of fused-ring (bicyclic) bond motifs is 1. The number of aromatic nitrogens is 2. The van der Waals surface area contributed by atoms with Crippen molar-refractivity contribution in [3.63, 3.8) is 0 Å². The number of halogens is 2. The lowest BCUT2D eigenvalue weighted by molar-refractivity contribution is 0.0846. The molecule has 3 aromatic rings. The number of anilines is 2. The first-order valence-corrected chi connectivity index (χ1v) is 11.0. The van der Waals surface area contributed by atoms with E-state index in [1.54, 1.807) is 18.2 Å². The predicted molar refractivity (Wildman–Crippen MR) is 123 cm³/mol. The van der Waals surface area contributed by atoms with Gasteiger partial charge in [-0.25, -0.2) is 4.39 Å². The first-order valence-electron chi connectivity index (χ1n) is 10.6. The maximum absolute atomic E-state index is 14.2.